The molecule has 0 aliphatic heterocycles. The van der Waals surface area contributed by atoms with Crippen molar-refractivity contribution in [2.75, 3.05) is 0 Å². The lowest BCUT2D eigenvalue weighted by Crippen LogP contribution is -2.16. The summed E-state index contributed by atoms with van der Waals surface area (Å²) >= 11 is 0. The van der Waals surface area contributed by atoms with E-state index < -0.39 is 0 Å². The van der Waals surface area contributed by atoms with Gasteiger partial charge in [0.2, 0.25) is 11.2 Å². The molecule has 1 N–H and O–H groups in total. The molecule has 0 spiro atoms. The molecule has 0 fully saturated rings. The van der Waals surface area contributed by atoms with Crippen LogP contribution in [0, 0.1) is 4.91 Å². The molecule has 0 unspecified atom stereocenters. The van der Waals surface area contributed by atoms with Crippen LogP contribution in [-0.4, -0.2) is 5.11 Å². The van der Waals surface area contributed by atoms with Crippen LogP contribution in [0.5, 0.6) is 11.5 Å². The zero-order chi connectivity index (χ0) is 12.0. The first-order valence-electron chi connectivity index (χ1n) is 4.94. The summed E-state index contributed by atoms with van der Waals surface area (Å²) in [6, 6.07) is 8.17. The zero-order valence-electron chi connectivity index (χ0n) is 8.58. The number of hydrogen-bond donors (Lipinski definition) is 1. The number of nitrogens with zero attached hydrogens (tertiary/aromatic N) is 1. The molecule has 1 heterocycles. The van der Waals surface area contributed by atoms with Gasteiger partial charge in [0.1, 0.15) is 5.75 Å². The molecule has 1 aromatic heterocycles. The molecule has 0 amide bonds. The van der Waals surface area contributed by atoms with Crippen molar-refractivity contribution in [3.8, 4) is 11.5 Å². The molecular formula is C12H7NO4. The summed E-state index contributed by atoms with van der Waals surface area (Å²) in [5.74, 6) is -0.236. The van der Waals surface area contributed by atoms with Gasteiger partial charge in [-0.1, -0.05) is 6.07 Å². The summed E-state index contributed by atoms with van der Waals surface area (Å²) in [5, 5.41) is 20.5. The zero-order valence-corrected chi connectivity index (χ0v) is 8.58. The first kappa shape index (κ1) is 9.65. The number of fused-ring (bicyclic) bond motifs is 2. The van der Waals surface area contributed by atoms with Gasteiger partial charge in [0.25, 0.3) is 0 Å². The highest BCUT2D eigenvalue weighted by atomic mass is 16.3. The minimum absolute atomic E-state index is 0.00104. The molecule has 2 aromatic carbocycles. The van der Waals surface area contributed by atoms with E-state index in [1.54, 1.807) is 0 Å². The molecule has 5 nitrogen and oxygen atoms in total. The number of hydrogen-bond acceptors (Lipinski definition) is 4. The summed E-state index contributed by atoms with van der Waals surface area (Å²) in [5.41, 5.74) is 1.01. The Morgan fingerprint density at radius 2 is 1.71 bits per heavy atom. The van der Waals surface area contributed by atoms with Gasteiger partial charge in [-0.2, -0.15) is 0 Å². The average molecular weight is 229 g/mol. The van der Waals surface area contributed by atoms with Crippen molar-refractivity contribution in [2.45, 2.75) is 0 Å². The fourth-order valence-electron chi connectivity index (χ4n) is 1.74. The molecule has 0 saturated carbocycles. The lowest BCUT2D eigenvalue weighted by Gasteiger charge is -2.02. The van der Waals surface area contributed by atoms with Crippen LogP contribution in [0.25, 0.3) is 22.2 Å². The molecule has 0 radical (unpaired) electrons. The lowest BCUT2D eigenvalue weighted by atomic mass is 10.2. The predicted octanol–water partition coefficient (Wildman–Crippen LogP) is 1.28. The normalized spacial score (nSPS) is 11.1. The van der Waals surface area contributed by atoms with Gasteiger partial charge in [-0.05, 0) is 12.1 Å². The Labute approximate surface area is 94.8 Å². The number of aromatic nitrogens is 1. The van der Waals surface area contributed by atoms with E-state index in [0.717, 1.165) is 0 Å². The van der Waals surface area contributed by atoms with Crippen LogP contribution < -0.4 is 9.53 Å². The minimum Gasteiger partial charge on any atom is -0.872 e. The maximum Gasteiger partial charge on any atom is 0.306 e. The predicted molar refractivity (Wildman–Crippen MR) is 58.2 cm³/mol. The standard InChI is InChI=1S/C12H7NO4/c14-7-1-3-9-11(5-7)17-12-6-8(15)2-4-10(12)13(9)16/h1-6H,(H-,14,15,16). The summed E-state index contributed by atoms with van der Waals surface area (Å²) in [6.07, 6.45) is 0. The van der Waals surface area contributed by atoms with Gasteiger partial charge in [0.15, 0.2) is 0 Å². The maximum atomic E-state index is 12.0. The number of benzene rings is 2. The second kappa shape index (κ2) is 3.21. The highest BCUT2D eigenvalue weighted by Crippen LogP contribution is 2.22. The van der Waals surface area contributed by atoms with Crippen molar-refractivity contribution in [2.24, 2.45) is 0 Å². The van der Waals surface area contributed by atoms with Crippen LogP contribution in [0.1, 0.15) is 0 Å². The molecule has 0 aliphatic carbocycles. The quantitative estimate of drug-likeness (QED) is 0.465. The average Bonchev–Trinajstić information content (AvgIpc) is 2.28. The van der Waals surface area contributed by atoms with Gasteiger partial charge in [-0.15, -0.1) is 5.75 Å². The third-order valence-electron chi connectivity index (χ3n) is 2.53. The molecule has 0 atom stereocenters. The van der Waals surface area contributed by atoms with Crippen LogP contribution in [0.15, 0.2) is 40.8 Å². The van der Waals surface area contributed by atoms with Crippen molar-refractivity contribution in [1.29, 1.82) is 0 Å². The molecule has 3 rings (SSSR count). The SMILES string of the molecule is O=[n+]1c2ccc([O-])cc2oc2cc(O)ccc21. The molecule has 17 heavy (non-hydrogen) atoms. The van der Waals surface area contributed by atoms with Crippen molar-refractivity contribution < 1.29 is 19.1 Å². The van der Waals surface area contributed by atoms with Gasteiger partial charge in [0.05, 0.1) is 4.43 Å². The Kier molecular flexibility index (Phi) is 1.82. The first-order chi connectivity index (χ1) is 8.15. The Hall–Kier alpha value is -2.56. The van der Waals surface area contributed by atoms with Gasteiger partial charge in [-0.25, -0.2) is 0 Å². The number of rotatable bonds is 0. The van der Waals surface area contributed by atoms with Crippen molar-refractivity contribution in [3.05, 3.63) is 41.3 Å². The van der Waals surface area contributed by atoms with Crippen molar-refractivity contribution in [3.63, 3.8) is 0 Å². The Bertz CT molecular complexity index is 728. The summed E-state index contributed by atoms with van der Waals surface area (Å²) in [4.78, 5) is 12.0. The highest BCUT2D eigenvalue weighted by Gasteiger charge is 2.15. The largest absolute Gasteiger partial charge is 0.872 e. The van der Waals surface area contributed by atoms with Crippen molar-refractivity contribution >= 4 is 22.2 Å². The molecule has 0 bridgehead atoms. The molecule has 3 aromatic rings. The summed E-state index contributed by atoms with van der Waals surface area (Å²) < 4.78 is 6.08. The fraction of sp³-hybridized carbons (Fsp3) is 0. The number of phenolic OH excluding ortho intramolecular Hbond substituents is 1. The van der Waals surface area contributed by atoms with E-state index in [2.05, 4.69) is 0 Å². The molecule has 0 aliphatic rings. The van der Waals surface area contributed by atoms with E-state index >= 15 is 0 Å². The number of aromatic hydroxyl groups is 1. The van der Waals surface area contributed by atoms with Gasteiger partial charge < -0.3 is 14.6 Å². The van der Waals surface area contributed by atoms with E-state index in [9.17, 15) is 15.1 Å². The fourth-order valence-corrected chi connectivity index (χ4v) is 1.74. The molecule has 84 valence electrons. The molecule has 0 saturated heterocycles. The van der Waals surface area contributed by atoms with Crippen molar-refractivity contribution in [1.82, 2.24) is 0 Å². The van der Waals surface area contributed by atoms with E-state index in [1.165, 1.54) is 36.4 Å². The summed E-state index contributed by atoms with van der Waals surface area (Å²) in [6.45, 7) is 0. The Morgan fingerprint density at radius 1 is 1.06 bits per heavy atom. The number of phenols is 1. The van der Waals surface area contributed by atoms with E-state index in [4.69, 9.17) is 4.42 Å². The minimum atomic E-state index is -0.235. The Balaban J connectivity index is 2.57. The summed E-state index contributed by atoms with van der Waals surface area (Å²) in [7, 11) is 0. The van der Waals surface area contributed by atoms with Crippen LogP contribution in [0.4, 0.5) is 0 Å². The van der Waals surface area contributed by atoms with Gasteiger partial charge in [0, 0.05) is 23.1 Å². The molecular weight excluding hydrogens is 222 g/mol. The smallest absolute Gasteiger partial charge is 0.306 e. The second-order valence-electron chi connectivity index (χ2n) is 3.68. The van der Waals surface area contributed by atoms with Gasteiger partial charge >= 0.3 is 11.0 Å². The third-order valence-corrected chi connectivity index (χ3v) is 2.53. The van der Waals surface area contributed by atoms with Crippen LogP contribution in [0.3, 0.4) is 0 Å². The van der Waals surface area contributed by atoms with Crippen LogP contribution in [-0.2, 0) is 0 Å². The third kappa shape index (κ3) is 1.40. The highest BCUT2D eigenvalue weighted by molar-refractivity contribution is 5.79. The first-order valence-corrected chi connectivity index (χ1v) is 4.94. The van der Waals surface area contributed by atoms with Crippen LogP contribution >= 0.6 is 0 Å². The second-order valence-corrected chi connectivity index (χ2v) is 3.68. The Morgan fingerprint density at radius 3 is 2.47 bits per heavy atom. The lowest BCUT2D eigenvalue weighted by molar-refractivity contribution is -0.433. The molecule has 5 heteroatoms. The van der Waals surface area contributed by atoms with Crippen LogP contribution in [0.2, 0.25) is 0 Å². The van der Waals surface area contributed by atoms with E-state index in [1.807, 2.05) is 0 Å². The monoisotopic (exact) mass is 229 g/mol. The van der Waals surface area contributed by atoms with E-state index in [0.29, 0.717) is 9.94 Å². The maximum absolute atomic E-state index is 12.0. The van der Waals surface area contributed by atoms with E-state index in [-0.39, 0.29) is 28.2 Å². The van der Waals surface area contributed by atoms with Gasteiger partial charge in [-0.3, -0.25) is 0 Å². The topological polar surface area (TPSA) is 79.4 Å².